The smallest absolute Gasteiger partial charge is 0.100 e. The Bertz CT molecular complexity index is 913. The Morgan fingerprint density at radius 2 is 1.43 bits per heavy atom. The minimum absolute atomic E-state index is 0.410. The molecule has 106 valence electrons. The van der Waals surface area contributed by atoms with Gasteiger partial charge in [0, 0.05) is 11.1 Å². The number of nitrogens with zero attached hydrogens (tertiary/aromatic N) is 2. The van der Waals surface area contributed by atoms with Gasteiger partial charge < -0.3 is 0 Å². The first kappa shape index (κ1) is 15.7. The van der Waals surface area contributed by atoms with E-state index in [0.717, 1.165) is 11.1 Å². The van der Waals surface area contributed by atoms with Crippen molar-refractivity contribution in [1.29, 1.82) is 10.5 Å². The molecule has 0 radical (unpaired) electrons. The van der Waals surface area contributed by atoms with Gasteiger partial charge in [0.15, 0.2) is 0 Å². The van der Waals surface area contributed by atoms with Crippen molar-refractivity contribution >= 4 is 0 Å². The van der Waals surface area contributed by atoms with Gasteiger partial charge in [0.05, 0.1) is 18.1 Å². The lowest BCUT2D eigenvalue weighted by atomic mass is 10.1. The first-order chi connectivity index (χ1) is 11.3. The molecule has 0 saturated carbocycles. The van der Waals surface area contributed by atoms with E-state index in [2.05, 4.69) is 35.8 Å². The Morgan fingerprint density at radius 3 is 2.09 bits per heavy atom. The maximum absolute atomic E-state index is 8.96. The topological polar surface area (TPSA) is 47.6 Å². The summed E-state index contributed by atoms with van der Waals surface area (Å²) in [5, 5.41) is 17.6. The maximum Gasteiger partial charge on any atom is 0.100 e. The molecule has 0 fully saturated rings. The molecule has 0 atom stereocenters. The van der Waals surface area contributed by atoms with Crippen molar-refractivity contribution in [3.63, 3.8) is 0 Å². The molecule has 0 aromatic heterocycles. The number of hydrogen-bond donors (Lipinski definition) is 0. The number of nitriles is 2. The Hall–Kier alpha value is -3.72. The molecule has 0 aliphatic heterocycles. The lowest BCUT2D eigenvalue weighted by molar-refractivity contribution is 1.26. The fourth-order valence-electron chi connectivity index (χ4n) is 1.81. The molecule has 2 rings (SSSR count). The minimum Gasteiger partial charge on any atom is -0.198 e. The molecule has 23 heavy (non-hydrogen) atoms. The zero-order valence-electron chi connectivity index (χ0n) is 12.4. The quantitative estimate of drug-likeness (QED) is 0.754. The predicted octanol–water partition coefficient (Wildman–Crippen LogP) is 3.58. The van der Waals surface area contributed by atoms with E-state index in [1.807, 2.05) is 42.5 Å². The third kappa shape index (κ3) is 4.95. The molecule has 0 amide bonds. The predicted molar refractivity (Wildman–Crippen MR) is 89.8 cm³/mol. The molecule has 0 aliphatic carbocycles. The fraction of sp³-hybridized carbons (Fsp3) is 0.0476. The molecule has 0 bridgehead atoms. The second-order valence-electron chi connectivity index (χ2n) is 4.56. The van der Waals surface area contributed by atoms with Crippen LogP contribution in [0.2, 0.25) is 0 Å². The number of rotatable bonds is 1. The molecule has 2 aromatic carbocycles. The number of allylic oxidation sites excluding steroid dienone is 2. The first-order valence-electron chi connectivity index (χ1n) is 6.96. The van der Waals surface area contributed by atoms with Crippen molar-refractivity contribution in [3.05, 3.63) is 82.9 Å². The van der Waals surface area contributed by atoms with Crippen molar-refractivity contribution < 1.29 is 0 Å². The summed E-state index contributed by atoms with van der Waals surface area (Å²) in [4.78, 5) is 0. The van der Waals surface area contributed by atoms with Gasteiger partial charge in [-0.3, -0.25) is 0 Å². The van der Waals surface area contributed by atoms with Crippen LogP contribution in [0, 0.1) is 46.3 Å². The molecule has 0 saturated heterocycles. The summed E-state index contributed by atoms with van der Waals surface area (Å²) < 4.78 is 0. The third-order valence-electron chi connectivity index (χ3n) is 2.96. The average Bonchev–Trinajstić information content (AvgIpc) is 2.60. The summed E-state index contributed by atoms with van der Waals surface area (Å²) in [5.41, 5.74) is 3.15. The summed E-state index contributed by atoms with van der Waals surface area (Å²) in [5.74, 6) is 11.7. The summed E-state index contributed by atoms with van der Waals surface area (Å²) in [7, 11) is 0. The lowest BCUT2D eigenvalue weighted by Gasteiger charge is -1.93. The highest BCUT2D eigenvalue weighted by molar-refractivity contribution is 5.49. The zero-order valence-corrected chi connectivity index (χ0v) is 12.4. The molecular formula is C21H12N2. The van der Waals surface area contributed by atoms with Crippen LogP contribution in [0.5, 0.6) is 0 Å². The van der Waals surface area contributed by atoms with Gasteiger partial charge in [0.2, 0.25) is 0 Å². The van der Waals surface area contributed by atoms with E-state index in [1.165, 1.54) is 0 Å². The van der Waals surface area contributed by atoms with Crippen molar-refractivity contribution in [2.24, 2.45) is 0 Å². The second kappa shape index (κ2) is 8.54. The Kier molecular flexibility index (Phi) is 5.82. The van der Waals surface area contributed by atoms with Gasteiger partial charge >= 0.3 is 0 Å². The molecular weight excluding hydrogens is 280 g/mol. The van der Waals surface area contributed by atoms with E-state index in [0.29, 0.717) is 17.5 Å². The van der Waals surface area contributed by atoms with Crippen LogP contribution in [-0.2, 0) is 6.42 Å². The number of hydrogen-bond acceptors (Lipinski definition) is 2. The van der Waals surface area contributed by atoms with Crippen molar-refractivity contribution in [2.75, 3.05) is 0 Å². The van der Waals surface area contributed by atoms with Gasteiger partial charge in [-0.05, 0) is 42.0 Å². The Balaban J connectivity index is 2.00. The van der Waals surface area contributed by atoms with Crippen LogP contribution in [-0.4, -0.2) is 0 Å². The van der Waals surface area contributed by atoms with E-state index >= 15 is 0 Å². The third-order valence-corrected chi connectivity index (χ3v) is 2.96. The molecule has 2 aromatic rings. The molecule has 0 N–H and O–H groups in total. The standard InChI is InChI=1S/C21H12N2/c22-16-15-19-13-11-18(12-14-19)7-3-1-2-4-8-20-9-5-6-10-21(20)17-23/h1-2,5-6,9-14H,15H2. The van der Waals surface area contributed by atoms with Gasteiger partial charge in [-0.1, -0.05) is 47.9 Å². The summed E-state index contributed by atoms with van der Waals surface area (Å²) in [6, 6.07) is 19.0. The first-order valence-corrected chi connectivity index (χ1v) is 6.96. The van der Waals surface area contributed by atoms with E-state index in [4.69, 9.17) is 10.5 Å². The SMILES string of the molecule is N#CCc1ccc(C#CC=CC#Cc2ccccc2C#N)cc1. The van der Waals surface area contributed by atoms with Crippen molar-refractivity contribution in [3.8, 4) is 35.8 Å². The summed E-state index contributed by atoms with van der Waals surface area (Å²) in [6.07, 6.45) is 3.74. The minimum atomic E-state index is 0.410. The molecule has 0 heterocycles. The highest BCUT2D eigenvalue weighted by Gasteiger charge is 1.94. The van der Waals surface area contributed by atoms with Crippen LogP contribution in [0.4, 0.5) is 0 Å². The van der Waals surface area contributed by atoms with E-state index in [1.54, 1.807) is 18.2 Å². The van der Waals surface area contributed by atoms with Gasteiger partial charge in [-0.2, -0.15) is 10.5 Å². The highest BCUT2D eigenvalue weighted by atomic mass is 14.2. The van der Waals surface area contributed by atoms with Gasteiger partial charge in [-0.25, -0.2) is 0 Å². The van der Waals surface area contributed by atoms with Crippen molar-refractivity contribution in [2.45, 2.75) is 6.42 Å². The zero-order chi connectivity index (χ0) is 16.3. The molecule has 2 nitrogen and oxygen atoms in total. The van der Waals surface area contributed by atoms with Crippen LogP contribution < -0.4 is 0 Å². The summed E-state index contributed by atoms with van der Waals surface area (Å²) >= 11 is 0. The van der Waals surface area contributed by atoms with E-state index in [-0.39, 0.29) is 0 Å². The fourth-order valence-corrected chi connectivity index (χ4v) is 1.81. The highest BCUT2D eigenvalue weighted by Crippen LogP contribution is 2.05. The van der Waals surface area contributed by atoms with E-state index in [9.17, 15) is 0 Å². The van der Waals surface area contributed by atoms with Gasteiger partial charge in [-0.15, -0.1) is 0 Å². The van der Waals surface area contributed by atoms with Crippen LogP contribution in [0.3, 0.4) is 0 Å². The average molecular weight is 292 g/mol. The molecule has 0 spiro atoms. The maximum atomic E-state index is 8.96. The van der Waals surface area contributed by atoms with Gasteiger partial charge in [0.1, 0.15) is 6.07 Å². The molecule has 2 heteroatoms. The van der Waals surface area contributed by atoms with Crippen LogP contribution >= 0.6 is 0 Å². The lowest BCUT2D eigenvalue weighted by Crippen LogP contribution is -1.81. The Morgan fingerprint density at radius 1 is 0.783 bits per heavy atom. The Labute approximate surface area is 136 Å². The van der Waals surface area contributed by atoms with Crippen LogP contribution in [0.1, 0.15) is 22.3 Å². The van der Waals surface area contributed by atoms with E-state index < -0.39 is 0 Å². The monoisotopic (exact) mass is 292 g/mol. The van der Waals surface area contributed by atoms with Crippen molar-refractivity contribution in [1.82, 2.24) is 0 Å². The second-order valence-corrected chi connectivity index (χ2v) is 4.56. The normalized spacial score (nSPS) is 8.96. The van der Waals surface area contributed by atoms with Crippen LogP contribution in [0.15, 0.2) is 60.7 Å². The molecule has 0 aliphatic rings. The number of benzene rings is 2. The molecule has 0 unspecified atom stereocenters. The summed E-state index contributed by atoms with van der Waals surface area (Å²) in [6.45, 7) is 0. The van der Waals surface area contributed by atoms with Crippen LogP contribution in [0.25, 0.3) is 0 Å². The largest absolute Gasteiger partial charge is 0.198 e. The van der Waals surface area contributed by atoms with Gasteiger partial charge in [0.25, 0.3) is 0 Å².